The Hall–Kier alpha value is -1.86. The molecule has 7 heteroatoms. The van der Waals surface area contributed by atoms with Gasteiger partial charge >= 0.3 is 5.97 Å². The summed E-state index contributed by atoms with van der Waals surface area (Å²) >= 11 is 0. The monoisotopic (exact) mass is 256 g/mol. The maximum atomic E-state index is 10.7. The van der Waals surface area contributed by atoms with Crippen molar-refractivity contribution >= 4 is 27.1 Å². The van der Waals surface area contributed by atoms with E-state index in [1.165, 1.54) is 24.3 Å². The summed E-state index contributed by atoms with van der Waals surface area (Å²) in [4.78, 5) is 10.7. The third kappa shape index (κ3) is 2.63. The summed E-state index contributed by atoms with van der Waals surface area (Å²) in [6.07, 6.45) is 0. The van der Waals surface area contributed by atoms with Crippen LogP contribution in [0, 0.1) is 0 Å². The number of rotatable bonds is 3. The highest BCUT2D eigenvalue weighted by atomic mass is 32.2. The number of carboxylic acid groups (broad SMARTS) is 1. The first kappa shape index (κ1) is 11.6. The first-order valence-corrected chi connectivity index (χ1v) is 6.17. The van der Waals surface area contributed by atoms with Crippen LogP contribution in [0.4, 0.5) is 0 Å². The molecule has 17 heavy (non-hydrogen) atoms. The van der Waals surface area contributed by atoms with E-state index in [2.05, 4.69) is 0 Å². The zero-order valence-corrected chi connectivity index (χ0v) is 9.27. The van der Waals surface area contributed by atoms with Crippen molar-refractivity contribution in [2.75, 3.05) is 0 Å². The summed E-state index contributed by atoms with van der Waals surface area (Å²) in [6, 6.07) is 5.66. The number of hydrogen-bond acceptors (Lipinski definition) is 4. The van der Waals surface area contributed by atoms with E-state index in [0.717, 1.165) is 0 Å². The minimum atomic E-state index is -4.10. The number of benzene rings is 1. The second kappa shape index (κ2) is 3.86. The normalized spacial score (nSPS) is 11.8. The van der Waals surface area contributed by atoms with Gasteiger partial charge in [0.15, 0.2) is 0 Å². The Bertz CT molecular complexity index is 682. The highest BCUT2D eigenvalue weighted by Crippen LogP contribution is 2.21. The first-order valence-electron chi connectivity index (χ1n) is 4.56. The number of aromatic carboxylic acids is 1. The van der Waals surface area contributed by atoms with Crippen LogP contribution in [0.3, 0.4) is 0 Å². The van der Waals surface area contributed by atoms with Crippen LogP contribution in [0.15, 0.2) is 28.7 Å². The fourth-order valence-electron chi connectivity index (χ4n) is 1.50. The van der Waals surface area contributed by atoms with Crippen molar-refractivity contribution < 1.29 is 27.3 Å². The molecule has 1 aromatic carbocycles. The van der Waals surface area contributed by atoms with Crippen LogP contribution < -0.4 is 0 Å². The summed E-state index contributed by atoms with van der Waals surface area (Å²) in [5.74, 6) is -1.93. The smallest absolute Gasteiger partial charge is 0.371 e. The van der Waals surface area contributed by atoms with Crippen LogP contribution in [-0.2, 0) is 15.9 Å². The molecule has 0 spiro atoms. The third-order valence-electron chi connectivity index (χ3n) is 2.14. The van der Waals surface area contributed by atoms with Gasteiger partial charge in [0.05, 0.1) is 0 Å². The Morgan fingerprint density at radius 1 is 1.29 bits per heavy atom. The minimum absolute atomic E-state index is 0.219. The molecule has 0 saturated carbocycles. The molecule has 1 aromatic heterocycles. The molecule has 2 N–H and O–H groups in total. The molecule has 0 amide bonds. The van der Waals surface area contributed by atoms with Crippen molar-refractivity contribution in [3.8, 4) is 0 Å². The maximum absolute atomic E-state index is 10.7. The number of carbonyl (C=O) groups is 1. The van der Waals surface area contributed by atoms with Crippen molar-refractivity contribution in [2.24, 2.45) is 0 Å². The van der Waals surface area contributed by atoms with Gasteiger partial charge in [-0.25, -0.2) is 4.79 Å². The molecule has 0 aliphatic rings. The van der Waals surface area contributed by atoms with Crippen LogP contribution in [0.5, 0.6) is 0 Å². The van der Waals surface area contributed by atoms with Gasteiger partial charge in [-0.3, -0.25) is 4.55 Å². The second-order valence-electron chi connectivity index (χ2n) is 3.51. The van der Waals surface area contributed by atoms with E-state index in [9.17, 15) is 13.2 Å². The number of hydrogen-bond donors (Lipinski definition) is 2. The van der Waals surface area contributed by atoms with Crippen molar-refractivity contribution in [2.45, 2.75) is 5.75 Å². The largest absolute Gasteiger partial charge is 0.475 e. The van der Waals surface area contributed by atoms with Crippen molar-refractivity contribution in [3.05, 3.63) is 35.6 Å². The van der Waals surface area contributed by atoms with Crippen LogP contribution in [-0.4, -0.2) is 24.0 Å². The molecule has 2 aromatic rings. The van der Waals surface area contributed by atoms with E-state index in [1.54, 1.807) is 0 Å². The zero-order chi connectivity index (χ0) is 12.6. The number of furan rings is 1. The van der Waals surface area contributed by atoms with Crippen LogP contribution >= 0.6 is 0 Å². The molecule has 2 rings (SSSR count). The summed E-state index contributed by atoms with van der Waals surface area (Å²) in [6.45, 7) is 0. The van der Waals surface area contributed by atoms with Gasteiger partial charge < -0.3 is 9.52 Å². The molecule has 1 heterocycles. The quantitative estimate of drug-likeness (QED) is 0.806. The van der Waals surface area contributed by atoms with Gasteiger partial charge in [0.25, 0.3) is 10.1 Å². The molecule has 0 aliphatic heterocycles. The average molecular weight is 256 g/mol. The Kier molecular flexibility index (Phi) is 2.64. The molecule has 0 fully saturated rings. The molecular weight excluding hydrogens is 248 g/mol. The molecule has 0 unspecified atom stereocenters. The lowest BCUT2D eigenvalue weighted by molar-refractivity contribution is 0.0665. The van der Waals surface area contributed by atoms with Crippen LogP contribution in [0.25, 0.3) is 11.0 Å². The van der Waals surface area contributed by atoms with E-state index in [4.69, 9.17) is 14.1 Å². The summed E-state index contributed by atoms with van der Waals surface area (Å²) in [5.41, 5.74) is 0.708. The van der Waals surface area contributed by atoms with Gasteiger partial charge in [-0.1, -0.05) is 6.07 Å². The third-order valence-corrected chi connectivity index (χ3v) is 2.84. The summed E-state index contributed by atoms with van der Waals surface area (Å²) in [7, 11) is -4.10. The summed E-state index contributed by atoms with van der Waals surface area (Å²) in [5, 5.41) is 9.19. The average Bonchev–Trinajstić information content (AvgIpc) is 2.57. The fraction of sp³-hybridized carbons (Fsp3) is 0.100. The lowest BCUT2D eigenvalue weighted by atomic mass is 10.2. The topological polar surface area (TPSA) is 105 Å². The van der Waals surface area contributed by atoms with Crippen molar-refractivity contribution in [1.82, 2.24) is 0 Å². The molecular formula is C10H8O6S. The second-order valence-corrected chi connectivity index (χ2v) is 4.97. The standard InChI is InChI=1S/C10H8O6S/c11-10(12)9-4-7-3-6(5-17(13,14)15)1-2-8(7)16-9/h1-4H,5H2,(H,11,12)(H,13,14,15). The Morgan fingerprint density at radius 3 is 2.59 bits per heavy atom. The Morgan fingerprint density at radius 2 is 2.00 bits per heavy atom. The molecule has 6 nitrogen and oxygen atoms in total. The Balaban J connectivity index is 2.47. The lowest BCUT2D eigenvalue weighted by Gasteiger charge is -1.97. The highest BCUT2D eigenvalue weighted by Gasteiger charge is 2.12. The van der Waals surface area contributed by atoms with E-state index in [1.807, 2.05) is 0 Å². The van der Waals surface area contributed by atoms with E-state index in [-0.39, 0.29) is 5.76 Å². The van der Waals surface area contributed by atoms with E-state index in [0.29, 0.717) is 16.5 Å². The fourth-order valence-corrected chi connectivity index (χ4v) is 2.10. The summed E-state index contributed by atoms with van der Waals surface area (Å²) < 4.78 is 35.1. The van der Waals surface area contributed by atoms with E-state index >= 15 is 0 Å². The van der Waals surface area contributed by atoms with E-state index < -0.39 is 21.8 Å². The van der Waals surface area contributed by atoms with Crippen molar-refractivity contribution in [1.29, 1.82) is 0 Å². The van der Waals surface area contributed by atoms with Gasteiger partial charge in [0.1, 0.15) is 11.3 Å². The molecule has 0 aliphatic carbocycles. The number of carboxylic acids is 1. The molecule has 90 valence electrons. The predicted octanol–water partition coefficient (Wildman–Crippen LogP) is 1.52. The van der Waals surface area contributed by atoms with Gasteiger partial charge in [0, 0.05) is 5.39 Å². The number of fused-ring (bicyclic) bond motifs is 1. The SMILES string of the molecule is O=C(O)c1cc2cc(CS(=O)(=O)O)ccc2o1. The van der Waals surface area contributed by atoms with Gasteiger partial charge in [-0.05, 0) is 23.8 Å². The minimum Gasteiger partial charge on any atom is -0.475 e. The van der Waals surface area contributed by atoms with Crippen molar-refractivity contribution in [3.63, 3.8) is 0 Å². The van der Waals surface area contributed by atoms with Gasteiger partial charge in [0.2, 0.25) is 5.76 Å². The van der Waals surface area contributed by atoms with Gasteiger partial charge in [-0.2, -0.15) is 8.42 Å². The molecule has 0 bridgehead atoms. The molecule has 0 atom stereocenters. The predicted molar refractivity (Wildman–Crippen MR) is 58.4 cm³/mol. The van der Waals surface area contributed by atoms with Crippen LogP contribution in [0.2, 0.25) is 0 Å². The van der Waals surface area contributed by atoms with Gasteiger partial charge in [-0.15, -0.1) is 0 Å². The first-order chi connectivity index (χ1) is 7.85. The maximum Gasteiger partial charge on any atom is 0.371 e. The van der Waals surface area contributed by atoms with Crippen LogP contribution in [0.1, 0.15) is 16.1 Å². The Labute approximate surface area is 96.2 Å². The molecule has 0 saturated heterocycles. The highest BCUT2D eigenvalue weighted by molar-refractivity contribution is 7.85. The lowest BCUT2D eigenvalue weighted by Crippen LogP contribution is -2.00. The zero-order valence-electron chi connectivity index (χ0n) is 8.45. The molecule has 0 radical (unpaired) electrons.